The fraction of sp³-hybridized carbons (Fsp3) is 0.652. The maximum atomic E-state index is 13.6. The number of carbonyl (C=O) groups excluding carboxylic acids is 3. The first-order valence-electron chi connectivity index (χ1n) is 11.6. The Morgan fingerprint density at radius 2 is 2.12 bits per heavy atom. The average molecular weight is 443 g/mol. The van der Waals surface area contributed by atoms with Gasteiger partial charge in [0.15, 0.2) is 5.82 Å². The summed E-state index contributed by atoms with van der Waals surface area (Å²) in [6.45, 7) is 4.04. The van der Waals surface area contributed by atoms with Crippen LogP contribution in [0.25, 0.3) is 0 Å². The van der Waals surface area contributed by atoms with Crippen LogP contribution in [0, 0.1) is 18.8 Å². The molecule has 1 saturated carbocycles. The van der Waals surface area contributed by atoms with Crippen molar-refractivity contribution in [3.05, 3.63) is 24.0 Å². The van der Waals surface area contributed by atoms with Crippen LogP contribution < -0.4 is 10.6 Å². The Kier molecular flexibility index (Phi) is 5.31. The second kappa shape index (κ2) is 8.03. The summed E-state index contributed by atoms with van der Waals surface area (Å²) in [5.74, 6) is -1.03. The lowest BCUT2D eigenvalue weighted by Crippen LogP contribution is -2.51. The molecule has 9 nitrogen and oxygen atoms in total. The molecule has 4 aliphatic rings. The van der Waals surface area contributed by atoms with Gasteiger partial charge in [-0.15, -0.1) is 0 Å². The Bertz CT molecular complexity index is 952. The fourth-order valence-corrected chi connectivity index (χ4v) is 5.80. The van der Waals surface area contributed by atoms with E-state index in [1.165, 1.54) is 0 Å². The van der Waals surface area contributed by atoms with Gasteiger partial charge in [-0.1, -0.05) is 43.5 Å². The SMILES string of the molecule is CCC[C@H](C(=O)NC1CCCC1)N1C[C@@]23C=C[C@@H](O2)[C@@H](C(=O)Nc2cc(C)on2)[C@H]3C1=O. The van der Waals surface area contributed by atoms with E-state index < -0.39 is 29.6 Å². The number of ether oxygens (including phenoxy) is 1. The van der Waals surface area contributed by atoms with Crippen LogP contribution in [0.3, 0.4) is 0 Å². The highest BCUT2D eigenvalue weighted by atomic mass is 16.5. The molecule has 1 aliphatic carbocycles. The molecule has 5 rings (SSSR count). The number of amides is 3. The van der Waals surface area contributed by atoms with Crippen molar-refractivity contribution in [3.8, 4) is 0 Å². The number of aromatic nitrogens is 1. The van der Waals surface area contributed by atoms with Crippen LogP contribution in [0.5, 0.6) is 0 Å². The highest BCUT2D eigenvalue weighted by molar-refractivity contribution is 6.00. The van der Waals surface area contributed by atoms with E-state index in [9.17, 15) is 14.4 Å². The van der Waals surface area contributed by atoms with Crippen LogP contribution >= 0.6 is 0 Å². The average Bonchev–Trinajstić information content (AvgIpc) is 3.56. The monoisotopic (exact) mass is 442 g/mol. The van der Waals surface area contributed by atoms with E-state index in [0.717, 1.165) is 32.1 Å². The predicted octanol–water partition coefficient (Wildman–Crippen LogP) is 1.93. The lowest BCUT2D eigenvalue weighted by molar-refractivity contribution is -0.142. The number of fused-ring (bicyclic) bond motifs is 1. The summed E-state index contributed by atoms with van der Waals surface area (Å²) in [6, 6.07) is 1.27. The minimum absolute atomic E-state index is 0.0962. The van der Waals surface area contributed by atoms with Crippen LogP contribution in [-0.4, -0.2) is 58.1 Å². The van der Waals surface area contributed by atoms with Gasteiger partial charge >= 0.3 is 0 Å². The molecular formula is C23H30N4O5. The molecular weight excluding hydrogens is 412 g/mol. The lowest BCUT2D eigenvalue weighted by atomic mass is 9.77. The Hall–Kier alpha value is -2.68. The molecule has 0 unspecified atom stereocenters. The molecule has 9 heteroatoms. The first-order chi connectivity index (χ1) is 15.4. The summed E-state index contributed by atoms with van der Waals surface area (Å²) < 4.78 is 11.2. The zero-order valence-electron chi connectivity index (χ0n) is 18.5. The molecule has 172 valence electrons. The third kappa shape index (κ3) is 3.43. The van der Waals surface area contributed by atoms with E-state index in [2.05, 4.69) is 15.8 Å². The quantitative estimate of drug-likeness (QED) is 0.624. The van der Waals surface area contributed by atoms with Crippen molar-refractivity contribution < 1.29 is 23.6 Å². The maximum absolute atomic E-state index is 13.6. The number of hydrogen-bond donors (Lipinski definition) is 2. The summed E-state index contributed by atoms with van der Waals surface area (Å²) in [5, 5.41) is 9.72. The van der Waals surface area contributed by atoms with Crippen molar-refractivity contribution in [2.45, 2.75) is 76.2 Å². The smallest absolute Gasteiger partial charge is 0.243 e. The van der Waals surface area contributed by atoms with Gasteiger partial charge in [-0.25, -0.2) is 0 Å². The van der Waals surface area contributed by atoms with Crippen molar-refractivity contribution in [1.82, 2.24) is 15.4 Å². The molecule has 1 spiro atoms. The van der Waals surface area contributed by atoms with Gasteiger partial charge in [-0.3, -0.25) is 14.4 Å². The van der Waals surface area contributed by atoms with Gasteiger partial charge in [0.2, 0.25) is 17.7 Å². The first-order valence-corrected chi connectivity index (χ1v) is 11.6. The van der Waals surface area contributed by atoms with E-state index >= 15 is 0 Å². The number of hydrogen-bond acceptors (Lipinski definition) is 6. The highest BCUT2D eigenvalue weighted by Gasteiger charge is 2.67. The third-order valence-corrected chi connectivity index (χ3v) is 7.25. The van der Waals surface area contributed by atoms with E-state index in [0.29, 0.717) is 24.5 Å². The molecule has 1 aromatic heterocycles. The topological polar surface area (TPSA) is 114 Å². The van der Waals surface area contributed by atoms with E-state index in [1.807, 2.05) is 19.1 Å². The van der Waals surface area contributed by atoms with Crippen molar-refractivity contribution in [3.63, 3.8) is 0 Å². The van der Waals surface area contributed by atoms with E-state index in [-0.39, 0.29) is 23.8 Å². The lowest BCUT2D eigenvalue weighted by Gasteiger charge is -2.30. The Balaban J connectivity index is 1.36. The second-order valence-electron chi connectivity index (χ2n) is 9.47. The molecule has 3 aliphatic heterocycles. The summed E-state index contributed by atoms with van der Waals surface area (Å²) in [4.78, 5) is 41.5. The van der Waals surface area contributed by atoms with Crippen LogP contribution in [0.15, 0.2) is 22.7 Å². The van der Waals surface area contributed by atoms with Gasteiger partial charge in [-0.2, -0.15) is 0 Å². The van der Waals surface area contributed by atoms with Gasteiger partial charge in [0.25, 0.3) is 0 Å². The molecule has 5 atom stereocenters. The summed E-state index contributed by atoms with van der Waals surface area (Å²) in [5.41, 5.74) is -0.858. The number of aryl methyl sites for hydroxylation is 1. The maximum Gasteiger partial charge on any atom is 0.243 e. The van der Waals surface area contributed by atoms with Gasteiger partial charge in [0.1, 0.15) is 17.4 Å². The molecule has 0 aromatic carbocycles. The summed E-state index contributed by atoms with van der Waals surface area (Å²) in [7, 11) is 0. The van der Waals surface area contributed by atoms with Crippen LogP contribution in [0.2, 0.25) is 0 Å². The number of nitrogens with zero attached hydrogens (tertiary/aromatic N) is 2. The van der Waals surface area contributed by atoms with Gasteiger partial charge in [-0.05, 0) is 26.2 Å². The Labute approximate surface area is 186 Å². The highest BCUT2D eigenvalue weighted by Crippen LogP contribution is 2.52. The van der Waals surface area contributed by atoms with Gasteiger partial charge in [0.05, 0.1) is 24.5 Å². The second-order valence-corrected chi connectivity index (χ2v) is 9.47. The number of likely N-dealkylation sites (tertiary alicyclic amines) is 1. The number of carbonyl (C=O) groups is 3. The first kappa shape index (κ1) is 21.2. The van der Waals surface area contributed by atoms with Crippen molar-refractivity contribution in [2.75, 3.05) is 11.9 Å². The number of anilines is 1. The predicted molar refractivity (Wildman–Crippen MR) is 114 cm³/mol. The van der Waals surface area contributed by atoms with Gasteiger partial charge in [0, 0.05) is 12.1 Å². The molecule has 3 fully saturated rings. The minimum Gasteiger partial charge on any atom is -0.360 e. The number of rotatable bonds is 7. The van der Waals surface area contributed by atoms with Crippen LogP contribution in [0.1, 0.15) is 51.2 Å². The Morgan fingerprint density at radius 1 is 1.34 bits per heavy atom. The van der Waals surface area contributed by atoms with Crippen molar-refractivity contribution >= 4 is 23.5 Å². The molecule has 3 amide bonds. The molecule has 1 aromatic rings. The van der Waals surface area contributed by atoms with E-state index in [4.69, 9.17) is 9.26 Å². The molecule has 0 radical (unpaired) electrons. The molecule has 2 N–H and O–H groups in total. The molecule has 2 bridgehead atoms. The normalized spacial score (nSPS) is 31.9. The van der Waals surface area contributed by atoms with Gasteiger partial charge < -0.3 is 24.8 Å². The minimum atomic E-state index is -0.858. The zero-order chi connectivity index (χ0) is 22.5. The summed E-state index contributed by atoms with van der Waals surface area (Å²) >= 11 is 0. The van der Waals surface area contributed by atoms with Crippen molar-refractivity contribution in [1.29, 1.82) is 0 Å². The largest absolute Gasteiger partial charge is 0.360 e. The standard InChI is InChI=1S/C23H30N4O5/c1-3-6-15(20(28)24-14-7-4-5-8-14)27-12-23-10-9-16(31-23)18(19(23)22(27)30)21(29)25-17-11-13(2)32-26-17/h9-11,14-16,18-19H,3-8,12H2,1-2H3,(H,24,28)(H,25,26,29)/t15-,16-,18-,19+,23-/m1/s1. The zero-order valence-corrected chi connectivity index (χ0v) is 18.5. The van der Waals surface area contributed by atoms with Crippen molar-refractivity contribution in [2.24, 2.45) is 11.8 Å². The third-order valence-electron chi connectivity index (χ3n) is 7.25. The molecule has 2 saturated heterocycles. The number of nitrogens with one attached hydrogen (secondary N) is 2. The molecule has 32 heavy (non-hydrogen) atoms. The van der Waals surface area contributed by atoms with E-state index in [1.54, 1.807) is 17.9 Å². The van der Waals surface area contributed by atoms with Crippen LogP contribution in [-0.2, 0) is 19.1 Å². The fourth-order valence-electron chi connectivity index (χ4n) is 5.80. The molecule has 4 heterocycles. The van der Waals surface area contributed by atoms with Crippen LogP contribution in [0.4, 0.5) is 5.82 Å². The summed E-state index contributed by atoms with van der Waals surface area (Å²) in [6.07, 6.45) is 8.88. The Morgan fingerprint density at radius 3 is 2.81 bits per heavy atom.